The van der Waals surface area contributed by atoms with Crippen LogP contribution >= 0.6 is 15.6 Å². The maximum atomic E-state index is 13.2. The minimum Gasteiger partial charge on any atom is -0.462 e. The summed E-state index contributed by atoms with van der Waals surface area (Å²) in [5.74, 6) is -0.481. The van der Waals surface area contributed by atoms with Gasteiger partial charge in [-0.05, 0) is 37.5 Å². The molecule has 0 rings (SSSR count). The van der Waals surface area contributed by atoms with E-state index < -0.39 is 97.5 Å². The number of ether oxygens (including phenoxy) is 4. The molecule has 0 radical (unpaired) electrons. The van der Waals surface area contributed by atoms with Crippen LogP contribution in [0.15, 0.2) is 0 Å². The van der Waals surface area contributed by atoms with Crippen molar-refractivity contribution in [3.8, 4) is 0 Å². The molecule has 2 unspecified atom stereocenters. The van der Waals surface area contributed by atoms with Gasteiger partial charge in [-0.15, -0.1) is 0 Å². The number of hydrogen-bond donors (Lipinski definition) is 3. The Labute approximate surface area is 670 Å². The second-order valence-corrected chi connectivity index (χ2v) is 36.2. The Bertz CT molecular complexity index is 2080. The van der Waals surface area contributed by atoms with Crippen LogP contribution in [0, 0.1) is 11.8 Å². The van der Waals surface area contributed by atoms with Crippen molar-refractivity contribution in [3.63, 3.8) is 0 Å². The van der Waals surface area contributed by atoms with Crippen LogP contribution in [0.3, 0.4) is 0 Å². The van der Waals surface area contributed by atoms with Crippen molar-refractivity contribution in [1.82, 2.24) is 0 Å². The van der Waals surface area contributed by atoms with Gasteiger partial charge < -0.3 is 33.8 Å². The predicted octanol–water partition coefficient (Wildman–Crippen LogP) is 27.8. The summed E-state index contributed by atoms with van der Waals surface area (Å²) < 4.78 is 69.0. The van der Waals surface area contributed by atoms with Gasteiger partial charge in [0.1, 0.15) is 19.3 Å². The van der Waals surface area contributed by atoms with E-state index >= 15 is 0 Å². The second kappa shape index (κ2) is 81.2. The molecule has 5 atom stereocenters. The van der Waals surface area contributed by atoms with Crippen molar-refractivity contribution in [3.05, 3.63) is 0 Å². The molecule has 0 spiro atoms. The molecule has 0 aromatic rings. The zero-order valence-electron chi connectivity index (χ0n) is 71.9. The summed E-state index contributed by atoms with van der Waals surface area (Å²) >= 11 is 0. The Morgan fingerprint density at radius 2 is 0.422 bits per heavy atom. The number of phosphoric acid groups is 2. The Balaban J connectivity index is 5.23. The molecule has 0 saturated heterocycles. The number of carbonyl (C=O) groups is 4. The SMILES string of the molecule is CCCCCCCCCCCCCCCCCCCCCCCC(=O)O[C@H](COC(=O)CCCCCCCCCCCCCCCCCCC(C)C)COP(=O)(O)OC[C@@H](O)COP(=O)(O)OC[C@@H](COC(=O)CCCCCCCCCCCCC)OC(=O)CCCCCCCCCCCCCCCCCC(C)C. The van der Waals surface area contributed by atoms with E-state index in [2.05, 4.69) is 41.5 Å². The number of aliphatic hydroxyl groups is 1. The normalized spacial score (nSPS) is 13.8. The lowest BCUT2D eigenvalue weighted by atomic mass is 10.0. The van der Waals surface area contributed by atoms with Gasteiger partial charge in [-0.1, -0.05) is 433 Å². The Morgan fingerprint density at radius 1 is 0.248 bits per heavy atom. The number of phosphoric ester groups is 2. The van der Waals surface area contributed by atoms with Gasteiger partial charge in [0.25, 0.3) is 0 Å². The number of unbranched alkanes of at least 4 members (excludes halogenated alkanes) is 59. The van der Waals surface area contributed by atoms with Gasteiger partial charge in [-0.3, -0.25) is 37.3 Å². The summed E-state index contributed by atoms with van der Waals surface area (Å²) in [5.41, 5.74) is 0. The summed E-state index contributed by atoms with van der Waals surface area (Å²) in [5, 5.41) is 10.7. The molecule has 17 nitrogen and oxygen atoms in total. The third-order valence-electron chi connectivity index (χ3n) is 21.2. The quantitative estimate of drug-likeness (QED) is 0.0222. The highest BCUT2D eigenvalue weighted by molar-refractivity contribution is 7.47. The first-order valence-electron chi connectivity index (χ1n) is 46.5. The molecule has 0 amide bonds. The standard InChI is InChI=1S/C90H176O17P2/c1-7-9-11-13-15-17-19-20-21-22-23-24-25-26-33-38-44-50-56-62-68-74-89(94)107-86(79-101-88(93)73-67-61-55-49-43-37-32-28-27-30-35-41-46-52-58-64-70-82(3)4)81-105-109(98,99)103-77-84(91)76-102-108(96,97)104-80-85(78-100-87(92)72-66-60-54-48-40-18-16-14-12-10-8-2)106-90(95)75-69-63-57-51-45-39-34-29-31-36-42-47-53-59-65-71-83(5)6/h82-86,91H,7-81H2,1-6H3,(H,96,97)(H,98,99)/t84-,85+,86+/m0/s1. The molecule has 0 aliphatic heterocycles. The van der Waals surface area contributed by atoms with Crippen LogP contribution in [0.1, 0.15) is 485 Å². The first-order valence-corrected chi connectivity index (χ1v) is 49.5. The predicted molar refractivity (Wildman–Crippen MR) is 451 cm³/mol. The van der Waals surface area contributed by atoms with Crippen molar-refractivity contribution in [2.45, 2.75) is 503 Å². The number of rotatable bonds is 89. The molecule has 109 heavy (non-hydrogen) atoms. The third kappa shape index (κ3) is 83.8. The van der Waals surface area contributed by atoms with Gasteiger partial charge >= 0.3 is 39.5 Å². The second-order valence-electron chi connectivity index (χ2n) is 33.3. The fourth-order valence-corrected chi connectivity index (χ4v) is 15.7. The van der Waals surface area contributed by atoms with E-state index in [-0.39, 0.29) is 25.7 Å². The van der Waals surface area contributed by atoms with E-state index in [1.165, 1.54) is 302 Å². The van der Waals surface area contributed by atoms with Crippen LogP contribution in [0.25, 0.3) is 0 Å². The molecule has 19 heteroatoms. The van der Waals surface area contributed by atoms with Crippen LogP contribution in [0.2, 0.25) is 0 Å². The monoisotopic (exact) mass is 1590 g/mol. The number of esters is 4. The topological polar surface area (TPSA) is 237 Å². The molecule has 0 bridgehead atoms. The minimum absolute atomic E-state index is 0.108. The molecule has 0 aliphatic carbocycles. The smallest absolute Gasteiger partial charge is 0.462 e. The molecule has 0 fully saturated rings. The highest BCUT2D eigenvalue weighted by atomic mass is 31.2. The molecular formula is C90H176O17P2. The molecule has 0 aromatic carbocycles. The Hall–Kier alpha value is -1.94. The van der Waals surface area contributed by atoms with Crippen molar-refractivity contribution >= 4 is 39.5 Å². The van der Waals surface area contributed by atoms with Gasteiger partial charge in [-0.2, -0.15) is 0 Å². The van der Waals surface area contributed by atoms with Gasteiger partial charge in [-0.25, -0.2) is 9.13 Å². The van der Waals surface area contributed by atoms with Crippen LogP contribution in [0.5, 0.6) is 0 Å². The van der Waals surface area contributed by atoms with Gasteiger partial charge in [0, 0.05) is 25.7 Å². The number of carbonyl (C=O) groups excluding carboxylic acids is 4. The first kappa shape index (κ1) is 107. The highest BCUT2D eigenvalue weighted by Crippen LogP contribution is 2.45. The highest BCUT2D eigenvalue weighted by Gasteiger charge is 2.31. The van der Waals surface area contributed by atoms with Crippen molar-refractivity contribution in [1.29, 1.82) is 0 Å². The summed E-state index contributed by atoms with van der Waals surface area (Å²) in [6, 6.07) is 0. The van der Waals surface area contributed by atoms with Gasteiger partial charge in [0.2, 0.25) is 0 Å². The van der Waals surface area contributed by atoms with E-state index in [4.69, 9.17) is 37.0 Å². The Morgan fingerprint density at radius 3 is 0.624 bits per heavy atom. The van der Waals surface area contributed by atoms with E-state index in [0.717, 1.165) is 102 Å². The molecule has 0 saturated carbocycles. The molecule has 0 aromatic heterocycles. The molecule has 0 heterocycles. The fourth-order valence-electron chi connectivity index (χ4n) is 14.1. The van der Waals surface area contributed by atoms with Crippen LogP contribution in [-0.4, -0.2) is 96.7 Å². The first-order chi connectivity index (χ1) is 52.9. The number of aliphatic hydroxyl groups excluding tert-OH is 1. The summed E-state index contributed by atoms with van der Waals surface area (Å²) in [6.45, 7) is 9.75. The maximum absolute atomic E-state index is 13.2. The molecule has 648 valence electrons. The van der Waals surface area contributed by atoms with Crippen LogP contribution in [-0.2, 0) is 65.4 Å². The molecule has 3 N–H and O–H groups in total. The summed E-state index contributed by atoms with van der Waals surface area (Å²) in [4.78, 5) is 73.4. The molecule has 0 aliphatic rings. The van der Waals surface area contributed by atoms with E-state index in [9.17, 15) is 43.2 Å². The molecular weight excluding hydrogens is 1410 g/mol. The fraction of sp³-hybridized carbons (Fsp3) is 0.956. The lowest BCUT2D eigenvalue weighted by molar-refractivity contribution is -0.161. The zero-order valence-corrected chi connectivity index (χ0v) is 73.7. The van der Waals surface area contributed by atoms with Gasteiger partial charge in [0.05, 0.1) is 26.4 Å². The largest absolute Gasteiger partial charge is 0.472 e. The average molecular weight is 1590 g/mol. The lowest BCUT2D eigenvalue weighted by Crippen LogP contribution is -2.30. The van der Waals surface area contributed by atoms with E-state index in [0.29, 0.717) is 25.7 Å². The summed E-state index contributed by atoms with van der Waals surface area (Å²) in [6.07, 6.45) is 75.0. The summed E-state index contributed by atoms with van der Waals surface area (Å²) in [7, 11) is -9.93. The third-order valence-corrected chi connectivity index (χ3v) is 23.1. The van der Waals surface area contributed by atoms with E-state index in [1.54, 1.807) is 0 Å². The van der Waals surface area contributed by atoms with Crippen molar-refractivity contribution in [2.75, 3.05) is 39.6 Å². The van der Waals surface area contributed by atoms with Crippen LogP contribution < -0.4 is 0 Å². The Kier molecular flexibility index (Phi) is 79.8. The zero-order chi connectivity index (χ0) is 79.9. The lowest BCUT2D eigenvalue weighted by Gasteiger charge is -2.21. The van der Waals surface area contributed by atoms with E-state index in [1.807, 2.05) is 0 Å². The van der Waals surface area contributed by atoms with Gasteiger partial charge in [0.15, 0.2) is 12.2 Å². The number of hydrogen-bond acceptors (Lipinski definition) is 15. The van der Waals surface area contributed by atoms with Crippen molar-refractivity contribution in [2.24, 2.45) is 11.8 Å². The van der Waals surface area contributed by atoms with Crippen molar-refractivity contribution < 1.29 is 80.2 Å². The minimum atomic E-state index is -4.97. The maximum Gasteiger partial charge on any atom is 0.472 e. The average Bonchev–Trinajstić information content (AvgIpc) is 0.901. The van der Waals surface area contributed by atoms with Crippen LogP contribution in [0.4, 0.5) is 0 Å².